The Labute approximate surface area is 117 Å². The van der Waals surface area contributed by atoms with Gasteiger partial charge in [-0.2, -0.15) is 0 Å². The number of thiophene rings is 1. The fourth-order valence-corrected chi connectivity index (χ4v) is 3.31. The summed E-state index contributed by atoms with van der Waals surface area (Å²) in [6.45, 7) is 5.38. The van der Waals surface area contributed by atoms with E-state index in [1.54, 1.807) is 13.0 Å². The second-order valence-electron chi connectivity index (χ2n) is 5.11. The highest BCUT2D eigenvalue weighted by molar-refractivity contribution is 7.18. The van der Waals surface area contributed by atoms with Crippen molar-refractivity contribution in [1.29, 1.82) is 0 Å². The van der Waals surface area contributed by atoms with E-state index in [0.29, 0.717) is 23.7 Å². The monoisotopic (exact) mass is 284 g/mol. The van der Waals surface area contributed by atoms with Gasteiger partial charge in [0.1, 0.15) is 4.88 Å². The van der Waals surface area contributed by atoms with Gasteiger partial charge >= 0.3 is 5.97 Å². The summed E-state index contributed by atoms with van der Waals surface area (Å²) in [5.41, 5.74) is 5.64. The summed E-state index contributed by atoms with van der Waals surface area (Å²) in [5, 5.41) is 11.0. The zero-order valence-electron chi connectivity index (χ0n) is 11.3. The van der Waals surface area contributed by atoms with E-state index in [0.717, 1.165) is 24.4 Å². The number of esters is 1. The van der Waals surface area contributed by atoms with Crippen molar-refractivity contribution in [3.8, 4) is 0 Å². The van der Waals surface area contributed by atoms with Gasteiger partial charge in [-0.25, -0.2) is 4.79 Å². The summed E-state index contributed by atoms with van der Waals surface area (Å²) < 4.78 is 4.97. The number of hydrogen-bond acceptors (Lipinski definition) is 6. The molecular weight excluding hydrogens is 264 g/mol. The van der Waals surface area contributed by atoms with E-state index in [2.05, 4.69) is 4.90 Å². The van der Waals surface area contributed by atoms with Gasteiger partial charge in [0.2, 0.25) is 0 Å². The Kier molecular flexibility index (Phi) is 4.01. The van der Waals surface area contributed by atoms with Crippen LogP contribution in [0.1, 0.15) is 36.4 Å². The number of β-amino-alcohol motifs (C(OH)–C–C–N with tert-alkyl or cyclic N) is 1. The molecule has 1 atom stereocenters. The van der Waals surface area contributed by atoms with E-state index in [9.17, 15) is 9.90 Å². The fraction of sp³-hybridized carbons (Fsp3) is 0.615. The predicted octanol–water partition coefficient (Wildman–Crippen LogP) is 1.86. The molecule has 1 aromatic rings. The van der Waals surface area contributed by atoms with Crippen LogP contribution in [0.5, 0.6) is 0 Å². The Bertz CT molecular complexity index is 470. The first-order valence-electron chi connectivity index (χ1n) is 6.47. The molecule has 1 unspecified atom stereocenters. The SMILES string of the molecule is CCOC(=O)c1sc(N2CCCC(C)(O)C2)cc1N. The zero-order chi connectivity index (χ0) is 14.0. The number of carbonyl (C=O) groups excluding carboxylic acids is 1. The summed E-state index contributed by atoms with van der Waals surface area (Å²) >= 11 is 1.33. The van der Waals surface area contributed by atoms with Crippen LogP contribution in [0.25, 0.3) is 0 Å². The van der Waals surface area contributed by atoms with Crippen molar-refractivity contribution in [3.05, 3.63) is 10.9 Å². The van der Waals surface area contributed by atoms with Crippen LogP contribution in [0.3, 0.4) is 0 Å². The third kappa shape index (κ3) is 3.19. The molecule has 0 aromatic carbocycles. The summed E-state index contributed by atoms with van der Waals surface area (Å²) in [6.07, 6.45) is 1.73. The van der Waals surface area contributed by atoms with Crippen LogP contribution in [-0.4, -0.2) is 36.4 Å². The van der Waals surface area contributed by atoms with E-state index in [-0.39, 0.29) is 5.97 Å². The van der Waals surface area contributed by atoms with Gasteiger partial charge in [0, 0.05) is 13.1 Å². The Morgan fingerprint density at radius 2 is 2.42 bits per heavy atom. The molecule has 1 fully saturated rings. The van der Waals surface area contributed by atoms with Crippen LogP contribution >= 0.6 is 11.3 Å². The van der Waals surface area contributed by atoms with Crippen LogP contribution in [0.15, 0.2) is 6.07 Å². The third-order valence-corrected chi connectivity index (χ3v) is 4.39. The van der Waals surface area contributed by atoms with Crippen molar-refractivity contribution in [2.24, 2.45) is 0 Å². The topological polar surface area (TPSA) is 75.8 Å². The number of nitrogens with zero attached hydrogens (tertiary/aromatic N) is 1. The average molecular weight is 284 g/mol. The lowest BCUT2D eigenvalue weighted by Crippen LogP contribution is -2.45. The summed E-state index contributed by atoms with van der Waals surface area (Å²) in [6, 6.07) is 1.79. The molecule has 1 aromatic heterocycles. The number of rotatable bonds is 3. The maximum Gasteiger partial charge on any atom is 0.350 e. The van der Waals surface area contributed by atoms with Crippen molar-refractivity contribution in [1.82, 2.24) is 0 Å². The van der Waals surface area contributed by atoms with Crippen molar-refractivity contribution in [3.63, 3.8) is 0 Å². The van der Waals surface area contributed by atoms with Gasteiger partial charge in [0.15, 0.2) is 0 Å². The van der Waals surface area contributed by atoms with Crippen molar-refractivity contribution in [2.45, 2.75) is 32.3 Å². The first-order chi connectivity index (χ1) is 8.93. The number of nitrogen functional groups attached to an aromatic ring is 1. The van der Waals surface area contributed by atoms with Crippen LogP contribution in [0.2, 0.25) is 0 Å². The maximum absolute atomic E-state index is 11.7. The Hall–Kier alpha value is -1.27. The second kappa shape index (κ2) is 5.38. The highest BCUT2D eigenvalue weighted by Crippen LogP contribution is 2.35. The highest BCUT2D eigenvalue weighted by atomic mass is 32.1. The minimum atomic E-state index is -0.679. The van der Waals surface area contributed by atoms with E-state index >= 15 is 0 Å². The zero-order valence-corrected chi connectivity index (χ0v) is 12.1. The molecule has 6 heteroatoms. The minimum Gasteiger partial charge on any atom is -0.462 e. The average Bonchev–Trinajstić information content (AvgIpc) is 2.70. The molecule has 0 radical (unpaired) electrons. The fourth-order valence-electron chi connectivity index (χ4n) is 2.31. The number of hydrogen-bond donors (Lipinski definition) is 2. The number of piperidine rings is 1. The molecule has 0 saturated carbocycles. The van der Waals surface area contributed by atoms with Crippen molar-refractivity contribution >= 4 is 28.0 Å². The van der Waals surface area contributed by atoms with E-state index in [1.165, 1.54) is 11.3 Å². The Morgan fingerprint density at radius 3 is 3.05 bits per heavy atom. The summed E-state index contributed by atoms with van der Waals surface area (Å²) in [4.78, 5) is 14.3. The molecule has 19 heavy (non-hydrogen) atoms. The number of anilines is 2. The molecule has 106 valence electrons. The molecule has 5 nitrogen and oxygen atoms in total. The molecule has 0 spiro atoms. The van der Waals surface area contributed by atoms with Gasteiger partial charge in [-0.3, -0.25) is 0 Å². The minimum absolute atomic E-state index is 0.337. The summed E-state index contributed by atoms with van der Waals surface area (Å²) in [5.74, 6) is -0.375. The largest absolute Gasteiger partial charge is 0.462 e. The van der Waals surface area contributed by atoms with Gasteiger partial charge in [-0.05, 0) is 32.8 Å². The lowest BCUT2D eigenvalue weighted by molar-refractivity contribution is 0.0451. The standard InChI is InChI=1S/C13H20N2O3S/c1-3-18-12(16)11-9(14)7-10(19-11)15-6-4-5-13(2,17)8-15/h7,17H,3-6,8,14H2,1-2H3. The molecule has 0 aliphatic carbocycles. The number of aliphatic hydroxyl groups is 1. The first kappa shape index (κ1) is 14.1. The van der Waals surface area contributed by atoms with Crippen LogP contribution in [0, 0.1) is 0 Å². The van der Waals surface area contributed by atoms with Crippen molar-refractivity contribution < 1.29 is 14.6 Å². The molecule has 2 rings (SSSR count). The quantitative estimate of drug-likeness (QED) is 0.829. The van der Waals surface area contributed by atoms with Gasteiger partial charge < -0.3 is 20.5 Å². The predicted molar refractivity (Wildman–Crippen MR) is 76.8 cm³/mol. The first-order valence-corrected chi connectivity index (χ1v) is 7.28. The van der Waals surface area contributed by atoms with Crippen molar-refractivity contribution in [2.75, 3.05) is 30.3 Å². The molecule has 0 bridgehead atoms. The summed E-state index contributed by atoms with van der Waals surface area (Å²) in [7, 11) is 0. The molecular formula is C13H20N2O3S. The Morgan fingerprint density at radius 1 is 1.68 bits per heavy atom. The normalized spacial score (nSPS) is 23.4. The van der Waals surface area contributed by atoms with E-state index in [1.807, 2.05) is 6.92 Å². The number of nitrogens with two attached hydrogens (primary N) is 1. The molecule has 2 heterocycles. The van der Waals surface area contributed by atoms with Gasteiger partial charge in [-0.1, -0.05) is 0 Å². The molecule has 3 N–H and O–H groups in total. The molecule has 1 aliphatic heterocycles. The van der Waals surface area contributed by atoms with Gasteiger partial charge in [-0.15, -0.1) is 11.3 Å². The maximum atomic E-state index is 11.7. The van der Waals surface area contributed by atoms with E-state index < -0.39 is 5.60 Å². The van der Waals surface area contributed by atoms with Crippen LogP contribution in [-0.2, 0) is 4.74 Å². The molecule has 1 aliphatic rings. The van der Waals surface area contributed by atoms with Gasteiger partial charge in [0.05, 0.1) is 22.9 Å². The van der Waals surface area contributed by atoms with Crippen LogP contribution in [0.4, 0.5) is 10.7 Å². The lowest BCUT2D eigenvalue weighted by atomic mass is 9.95. The second-order valence-corrected chi connectivity index (χ2v) is 6.14. The number of ether oxygens (including phenoxy) is 1. The van der Waals surface area contributed by atoms with Gasteiger partial charge in [0.25, 0.3) is 0 Å². The lowest BCUT2D eigenvalue weighted by Gasteiger charge is -2.37. The Balaban J connectivity index is 2.17. The van der Waals surface area contributed by atoms with Crippen LogP contribution < -0.4 is 10.6 Å². The molecule has 0 amide bonds. The highest BCUT2D eigenvalue weighted by Gasteiger charge is 2.30. The molecule has 1 saturated heterocycles. The van der Waals surface area contributed by atoms with E-state index in [4.69, 9.17) is 10.5 Å². The number of carbonyl (C=O) groups is 1. The third-order valence-electron chi connectivity index (χ3n) is 3.20. The smallest absolute Gasteiger partial charge is 0.350 e.